The Balaban J connectivity index is 1.63. The fourth-order valence-electron chi connectivity index (χ4n) is 2.68. The predicted molar refractivity (Wildman–Crippen MR) is 109 cm³/mol. The molecule has 0 atom stereocenters. The number of carbonyl (C=O) groups excluding carboxylic acids is 1. The van der Waals surface area contributed by atoms with Gasteiger partial charge in [-0.05, 0) is 42.5 Å². The van der Waals surface area contributed by atoms with Gasteiger partial charge in [0.25, 0.3) is 5.91 Å². The second-order valence-electron chi connectivity index (χ2n) is 5.73. The number of rotatable bonds is 4. The first-order valence-electron chi connectivity index (χ1n) is 8.11. The monoisotopic (exact) mass is 395 g/mol. The highest BCUT2D eigenvalue weighted by atomic mass is 35.5. The van der Waals surface area contributed by atoms with Crippen molar-refractivity contribution in [2.75, 3.05) is 12.4 Å². The predicted octanol–water partition coefficient (Wildman–Crippen LogP) is 5.27. The number of aromatic nitrogens is 2. The molecule has 4 rings (SSSR count). The highest BCUT2D eigenvalue weighted by Gasteiger charge is 2.14. The lowest BCUT2D eigenvalue weighted by atomic mass is 10.1. The summed E-state index contributed by atoms with van der Waals surface area (Å²) >= 11 is 7.53. The van der Waals surface area contributed by atoms with Crippen molar-refractivity contribution in [3.63, 3.8) is 0 Å². The summed E-state index contributed by atoms with van der Waals surface area (Å²) in [5, 5.41) is 4.20. The lowest BCUT2D eigenvalue weighted by Crippen LogP contribution is -2.13. The van der Waals surface area contributed by atoms with Gasteiger partial charge in [-0.3, -0.25) is 4.79 Å². The number of thiazole rings is 1. The topological polar surface area (TPSA) is 64.1 Å². The SMILES string of the molecule is COc1ccc(Cl)cc1C(=O)Nc1cccc(-c2nc3cccnc3s2)c1. The van der Waals surface area contributed by atoms with Crippen molar-refractivity contribution in [2.45, 2.75) is 0 Å². The Labute approximate surface area is 164 Å². The third kappa shape index (κ3) is 3.63. The van der Waals surface area contributed by atoms with Gasteiger partial charge in [-0.1, -0.05) is 35.1 Å². The summed E-state index contributed by atoms with van der Waals surface area (Å²) in [5.74, 6) is 0.169. The average Bonchev–Trinajstić information content (AvgIpc) is 3.12. The van der Waals surface area contributed by atoms with Gasteiger partial charge in [-0.15, -0.1) is 0 Å². The number of carbonyl (C=O) groups is 1. The average molecular weight is 396 g/mol. The zero-order valence-electron chi connectivity index (χ0n) is 14.3. The number of hydrogen-bond donors (Lipinski definition) is 1. The van der Waals surface area contributed by atoms with Crippen LogP contribution in [0.5, 0.6) is 5.75 Å². The molecule has 2 aromatic heterocycles. The van der Waals surface area contributed by atoms with Crippen LogP contribution in [0.25, 0.3) is 20.9 Å². The number of ether oxygens (including phenoxy) is 1. The zero-order chi connectivity index (χ0) is 18.8. The lowest BCUT2D eigenvalue weighted by Gasteiger charge is -2.10. The molecule has 5 nitrogen and oxygen atoms in total. The van der Waals surface area contributed by atoms with Crippen LogP contribution in [-0.2, 0) is 0 Å². The molecular formula is C20H14ClN3O2S. The van der Waals surface area contributed by atoms with Crippen LogP contribution in [0, 0.1) is 0 Å². The van der Waals surface area contributed by atoms with E-state index in [1.807, 2.05) is 36.4 Å². The molecule has 0 saturated carbocycles. The molecule has 0 aliphatic heterocycles. The Morgan fingerprint density at radius 1 is 1.15 bits per heavy atom. The molecule has 4 aromatic rings. The molecule has 0 fully saturated rings. The van der Waals surface area contributed by atoms with Gasteiger partial charge >= 0.3 is 0 Å². The summed E-state index contributed by atoms with van der Waals surface area (Å²) in [5.41, 5.74) is 2.80. The molecular weight excluding hydrogens is 382 g/mol. The lowest BCUT2D eigenvalue weighted by molar-refractivity contribution is 0.102. The Morgan fingerprint density at radius 3 is 2.85 bits per heavy atom. The van der Waals surface area contributed by atoms with E-state index in [4.69, 9.17) is 16.3 Å². The number of hydrogen-bond acceptors (Lipinski definition) is 5. The smallest absolute Gasteiger partial charge is 0.259 e. The fraction of sp³-hybridized carbons (Fsp3) is 0.0500. The molecule has 2 heterocycles. The summed E-state index contributed by atoms with van der Waals surface area (Å²) in [4.78, 5) is 22.5. The maximum Gasteiger partial charge on any atom is 0.259 e. The van der Waals surface area contributed by atoms with Crippen LogP contribution >= 0.6 is 22.9 Å². The van der Waals surface area contributed by atoms with Crippen LogP contribution in [0.1, 0.15) is 10.4 Å². The van der Waals surface area contributed by atoms with E-state index in [1.165, 1.54) is 18.4 Å². The van der Waals surface area contributed by atoms with Gasteiger partial charge in [-0.2, -0.15) is 0 Å². The minimum Gasteiger partial charge on any atom is -0.496 e. The standard InChI is InChI=1S/C20H14ClN3O2S/c1-26-17-8-7-13(21)11-15(17)18(25)23-14-5-2-4-12(10-14)19-24-16-6-3-9-22-20(16)27-19/h2-11H,1H3,(H,23,25). The van der Waals surface area contributed by atoms with E-state index < -0.39 is 0 Å². The van der Waals surface area contributed by atoms with Crippen molar-refractivity contribution in [3.05, 3.63) is 71.4 Å². The molecule has 0 radical (unpaired) electrons. The number of amides is 1. The van der Waals surface area contributed by atoms with Crippen LogP contribution in [-0.4, -0.2) is 23.0 Å². The van der Waals surface area contributed by atoms with Gasteiger partial charge in [0, 0.05) is 22.5 Å². The van der Waals surface area contributed by atoms with Crippen molar-refractivity contribution < 1.29 is 9.53 Å². The van der Waals surface area contributed by atoms with Crippen LogP contribution in [0.2, 0.25) is 5.02 Å². The van der Waals surface area contributed by atoms with E-state index in [-0.39, 0.29) is 5.91 Å². The Morgan fingerprint density at radius 2 is 2.04 bits per heavy atom. The van der Waals surface area contributed by atoms with Gasteiger partial charge in [0.1, 0.15) is 21.1 Å². The van der Waals surface area contributed by atoms with Gasteiger partial charge in [0.15, 0.2) is 0 Å². The number of halogens is 1. The normalized spacial score (nSPS) is 10.7. The van der Waals surface area contributed by atoms with Crippen molar-refractivity contribution in [3.8, 4) is 16.3 Å². The van der Waals surface area contributed by atoms with Gasteiger partial charge in [0.05, 0.1) is 12.7 Å². The number of benzene rings is 2. The van der Waals surface area contributed by atoms with E-state index in [0.717, 1.165) is 20.9 Å². The molecule has 0 saturated heterocycles. The minimum atomic E-state index is -0.294. The van der Waals surface area contributed by atoms with Crippen molar-refractivity contribution in [2.24, 2.45) is 0 Å². The van der Waals surface area contributed by atoms with Gasteiger partial charge < -0.3 is 10.1 Å². The molecule has 1 amide bonds. The molecule has 0 aliphatic carbocycles. The van der Waals surface area contributed by atoms with Crippen LogP contribution in [0.4, 0.5) is 5.69 Å². The van der Waals surface area contributed by atoms with Crippen LogP contribution in [0.3, 0.4) is 0 Å². The molecule has 134 valence electrons. The Kier molecular flexibility index (Phi) is 4.75. The summed E-state index contributed by atoms with van der Waals surface area (Å²) in [7, 11) is 1.52. The molecule has 0 spiro atoms. The van der Waals surface area contributed by atoms with Crippen molar-refractivity contribution in [1.29, 1.82) is 0 Å². The largest absolute Gasteiger partial charge is 0.496 e. The number of nitrogens with zero attached hydrogens (tertiary/aromatic N) is 2. The summed E-state index contributed by atoms with van der Waals surface area (Å²) in [6, 6.07) is 16.3. The first kappa shape index (κ1) is 17.5. The van der Waals surface area contributed by atoms with Crippen molar-refractivity contribution in [1.82, 2.24) is 9.97 Å². The van der Waals surface area contributed by atoms with E-state index in [9.17, 15) is 4.79 Å². The Bertz CT molecular complexity index is 1110. The third-order valence-electron chi connectivity index (χ3n) is 3.94. The highest BCUT2D eigenvalue weighted by molar-refractivity contribution is 7.21. The number of fused-ring (bicyclic) bond motifs is 1. The zero-order valence-corrected chi connectivity index (χ0v) is 15.8. The maximum atomic E-state index is 12.7. The quantitative estimate of drug-likeness (QED) is 0.511. The Hall–Kier alpha value is -2.96. The highest BCUT2D eigenvalue weighted by Crippen LogP contribution is 2.30. The molecule has 1 N–H and O–H groups in total. The minimum absolute atomic E-state index is 0.294. The number of methoxy groups -OCH3 is 1. The third-order valence-corrected chi connectivity index (χ3v) is 5.20. The summed E-state index contributed by atoms with van der Waals surface area (Å²) < 4.78 is 5.25. The van der Waals surface area contributed by atoms with E-state index in [2.05, 4.69) is 15.3 Å². The van der Waals surface area contributed by atoms with Crippen molar-refractivity contribution >= 4 is 44.9 Å². The van der Waals surface area contributed by atoms with E-state index in [1.54, 1.807) is 24.4 Å². The van der Waals surface area contributed by atoms with Gasteiger partial charge in [0.2, 0.25) is 0 Å². The van der Waals surface area contributed by atoms with Crippen LogP contribution < -0.4 is 10.1 Å². The summed E-state index contributed by atoms with van der Waals surface area (Å²) in [6.45, 7) is 0. The maximum absolute atomic E-state index is 12.7. The molecule has 27 heavy (non-hydrogen) atoms. The van der Waals surface area contributed by atoms with E-state index in [0.29, 0.717) is 22.0 Å². The second-order valence-corrected chi connectivity index (χ2v) is 7.14. The first-order chi connectivity index (χ1) is 13.1. The second kappa shape index (κ2) is 7.34. The molecule has 0 aliphatic rings. The number of pyridine rings is 1. The summed E-state index contributed by atoms with van der Waals surface area (Å²) in [6.07, 6.45) is 1.75. The van der Waals surface area contributed by atoms with Gasteiger partial charge in [-0.25, -0.2) is 9.97 Å². The molecule has 7 heteroatoms. The fourth-order valence-corrected chi connectivity index (χ4v) is 3.76. The van der Waals surface area contributed by atoms with E-state index >= 15 is 0 Å². The first-order valence-corrected chi connectivity index (χ1v) is 9.30. The molecule has 2 aromatic carbocycles. The number of anilines is 1. The van der Waals surface area contributed by atoms with Crippen LogP contribution in [0.15, 0.2) is 60.8 Å². The molecule has 0 bridgehead atoms. The number of nitrogens with one attached hydrogen (secondary N) is 1. The molecule has 0 unspecified atom stereocenters.